The first-order valence-electron chi connectivity index (χ1n) is 11.1. The van der Waals surface area contributed by atoms with Crippen LogP contribution in [0.2, 0.25) is 5.02 Å². The second-order valence-electron chi connectivity index (χ2n) is 8.57. The van der Waals surface area contributed by atoms with Crippen LogP contribution in [0.15, 0.2) is 61.2 Å². The van der Waals surface area contributed by atoms with Gasteiger partial charge in [0, 0.05) is 36.4 Å². The summed E-state index contributed by atoms with van der Waals surface area (Å²) in [6, 6.07) is 14.0. The summed E-state index contributed by atoms with van der Waals surface area (Å²) in [5.41, 5.74) is 5.29. The standard InChI is InChI=1S/C25H26ClN5O/c26-22-5-1-3-19(11-22)12-25(32)30-9-2-4-18(8-10-30)16-31-17-27-23-13-20(6-7-24(23)31)21-14-28-29-15-21/h1,3,5-7,11,13-15,17-18H,2,4,8-10,12,16H2,(H,28,29). The second kappa shape index (κ2) is 9.17. The lowest BCUT2D eigenvalue weighted by Gasteiger charge is -2.21. The highest BCUT2D eigenvalue weighted by Gasteiger charge is 2.21. The number of amides is 1. The van der Waals surface area contributed by atoms with Crippen molar-refractivity contribution in [1.82, 2.24) is 24.6 Å². The Labute approximate surface area is 192 Å². The number of carbonyl (C=O) groups excluding carboxylic acids is 1. The molecule has 6 nitrogen and oxygen atoms in total. The Morgan fingerprint density at radius 2 is 2.06 bits per heavy atom. The SMILES string of the molecule is O=C(Cc1cccc(Cl)c1)N1CCCC(Cn2cnc3cc(-c4cn[nH]c4)ccc32)CC1. The summed E-state index contributed by atoms with van der Waals surface area (Å²) in [5.74, 6) is 0.720. The molecule has 0 radical (unpaired) electrons. The van der Waals surface area contributed by atoms with Crippen LogP contribution in [0, 0.1) is 5.92 Å². The maximum atomic E-state index is 12.8. The van der Waals surface area contributed by atoms with Gasteiger partial charge in [-0.2, -0.15) is 5.10 Å². The molecule has 164 valence electrons. The molecular formula is C25H26ClN5O. The lowest BCUT2D eigenvalue weighted by atomic mass is 10.0. The Bertz CT molecular complexity index is 1220. The highest BCUT2D eigenvalue weighted by atomic mass is 35.5. The number of benzene rings is 2. The largest absolute Gasteiger partial charge is 0.342 e. The van der Waals surface area contributed by atoms with Crippen LogP contribution in [-0.2, 0) is 17.8 Å². The first-order chi connectivity index (χ1) is 15.7. The van der Waals surface area contributed by atoms with Gasteiger partial charge in [0.15, 0.2) is 0 Å². The number of aromatic amines is 1. The predicted octanol–water partition coefficient (Wildman–Crippen LogP) is 4.95. The van der Waals surface area contributed by atoms with Gasteiger partial charge in [-0.3, -0.25) is 9.89 Å². The van der Waals surface area contributed by atoms with Crippen molar-refractivity contribution >= 4 is 28.5 Å². The lowest BCUT2D eigenvalue weighted by Crippen LogP contribution is -2.33. The highest BCUT2D eigenvalue weighted by molar-refractivity contribution is 6.30. The zero-order valence-corrected chi connectivity index (χ0v) is 18.6. The number of H-pyrrole nitrogens is 1. The Kier molecular flexibility index (Phi) is 5.95. The second-order valence-corrected chi connectivity index (χ2v) is 9.01. The van der Waals surface area contributed by atoms with Crippen molar-refractivity contribution in [2.75, 3.05) is 13.1 Å². The van der Waals surface area contributed by atoms with Crippen molar-refractivity contribution in [1.29, 1.82) is 0 Å². The van der Waals surface area contributed by atoms with Crippen LogP contribution in [0.1, 0.15) is 24.8 Å². The molecule has 0 saturated carbocycles. The fourth-order valence-electron chi connectivity index (χ4n) is 4.61. The van der Waals surface area contributed by atoms with Gasteiger partial charge in [0.1, 0.15) is 0 Å². The average Bonchev–Trinajstić information content (AvgIpc) is 3.40. The molecule has 1 amide bonds. The number of halogens is 1. The maximum Gasteiger partial charge on any atom is 0.226 e. The van der Waals surface area contributed by atoms with Gasteiger partial charge < -0.3 is 9.47 Å². The van der Waals surface area contributed by atoms with Crippen molar-refractivity contribution in [3.63, 3.8) is 0 Å². The summed E-state index contributed by atoms with van der Waals surface area (Å²) in [7, 11) is 0. The van der Waals surface area contributed by atoms with Crippen LogP contribution in [0.25, 0.3) is 22.2 Å². The first kappa shape index (κ1) is 20.8. The van der Waals surface area contributed by atoms with Gasteiger partial charge in [-0.1, -0.05) is 29.8 Å². The average molecular weight is 448 g/mol. The Morgan fingerprint density at radius 3 is 2.91 bits per heavy atom. The molecule has 0 spiro atoms. The number of fused-ring (bicyclic) bond motifs is 1. The third kappa shape index (κ3) is 4.55. The number of rotatable bonds is 5. The zero-order chi connectivity index (χ0) is 21.9. The van der Waals surface area contributed by atoms with E-state index < -0.39 is 0 Å². The molecule has 2 aromatic heterocycles. The van der Waals surface area contributed by atoms with E-state index in [1.807, 2.05) is 47.9 Å². The van der Waals surface area contributed by atoms with E-state index in [0.29, 0.717) is 17.4 Å². The van der Waals surface area contributed by atoms with Crippen molar-refractivity contribution in [2.45, 2.75) is 32.2 Å². The fraction of sp³-hybridized carbons (Fsp3) is 0.320. The molecule has 1 saturated heterocycles. The molecule has 1 N–H and O–H groups in total. The fourth-order valence-corrected chi connectivity index (χ4v) is 4.82. The number of carbonyl (C=O) groups is 1. The molecule has 32 heavy (non-hydrogen) atoms. The molecule has 1 aliphatic rings. The molecule has 7 heteroatoms. The van der Waals surface area contributed by atoms with Crippen LogP contribution in [0.4, 0.5) is 0 Å². The number of nitrogens with zero attached hydrogens (tertiary/aromatic N) is 4. The predicted molar refractivity (Wildman–Crippen MR) is 126 cm³/mol. The summed E-state index contributed by atoms with van der Waals surface area (Å²) in [6.07, 6.45) is 9.23. The Morgan fingerprint density at radius 1 is 1.12 bits per heavy atom. The van der Waals surface area contributed by atoms with E-state index in [9.17, 15) is 4.79 Å². The third-order valence-electron chi connectivity index (χ3n) is 6.35. The third-order valence-corrected chi connectivity index (χ3v) is 6.59. The molecule has 2 aromatic carbocycles. The van der Waals surface area contributed by atoms with Crippen molar-refractivity contribution in [2.24, 2.45) is 5.92 Å². The van der Waals surface area contributed by atoms with Gasteiger partial charge in [-0.25, -0.2) is 4.98 Å². The van der Waals surface area contributed by atoms with Crippen LogP contribution in [0.5, 0.6) is 0 Å². The van der Waals surface area contributed by atoms with Crippen molar-refractivity contribution in [3.05, 3.63) is 71.8 Å². The van der Waals surface area contributed by atoms with E-state index in [1.54, 1.807) is 0 Å². The monoisotopic (exact) mass is 447 g/mol. The van der Waals surface area contributed by atoms with Gasteiger partial charge in [0.2, 0.25) is 5.91 Å². The lowest BCUT2D eigenvalue weighted by molar-refractivity contribution is -0.130. The minimum absolute atomic E-state index is 0.188. The molecule has 5 rings (SSSR count). The normalized spacial score (nSPS) is 16.9. The van der Waals surface area contributed by atoms with E-state index >= 15 is 0 Å². The minimum atomic E-state index is 0.188. The van der Waals surface area contributed by atoms with E-state index in [-0.39, 0.29) is 5.91 Å². The molecule has 3 heterocycles. The number of imidazole rings is 1. The molecule has 0 bridgehead atoms. The number of aromatic nitrogens is 4. The van der Waals surface area contributed by atoms with Crippen LogP contribution in [-0.4, -0.2) is 43.6 Å². The Hall–Kier alpha value is -3.12. The molecule has 0 aliphatic carbocycles. The van der Waals surface area contributed by atoms with E-state index in [0.717, 1.165) is 66.6 Å². The van der Waals surface area contributed by atoms with Crippen molar-refractivity contribution < 1.29 is 4.79 Å². The van der Waals surface area contributed by atoms with Crippen LogP contribution >= 0.6 is 11.6 Å². The Balaban J connectivity index is 1.22. The summed E-state index contributed by atoms with van der Waals surface area (Å²) in [4.78, 5) is 19.5. The molecule has 1 fully saturated rings. The summed E-state index contributed by atoms with van der Waals surface area (Å²) in [5, 5.41) is 7.57. The number of hydrogen-bond acceptors (Lipinski definition) is 3. The molecule has 4 aromatic rings. The number of likely N-dealkylation sites (tertiary alicyclic amines) is 1. The molecular weight excluding hydrogens is 422 g/mol. The number of hydrogen-bond donors (Lipinski definition) is 1. The van der Waals surface area contributed by atoms with Crippen LogP contribution in [0.3, 0.4) is 0 Å². The molecule has 1 aliphatic heterocycles. The highest BCUT2D eigenvalue weighted by Crippen LogP contribution is 2.26. The summed E-state index contributed by atoms with van der Waals surface area (Å²) >= 11 is 6.07. The van der Waals surface area contributed by atoms with Gasteiger partial charge in [0.05, 0.1) is 30.0 Å². The van der Waals surface area contributed by atoms with E-state index in [4.69, 9.17) is 11.6 Å². The summed E-state index contributed by atoms with van der Waals surface area (Å²) in [6.45, 7) is 2.56. The van der Waals surface area contributed by atoms with Gasteiger partial charge in [-0.05, 0) is 60.6 Å². The van der Waals surface area contributed by atoms with Gasteiger partial charge >= 0.3 is 0 Å². The smallest absolute Gasteiger partial charge is 0.226 e. The topological polar surface area (TPSA) is 66.8 Å². The maximum absolute atomic E-state index is 12.8. The van der Waals surface area contributed by atoms with Gasteiger partial charge in [0.25, 0.3) is 0 Å². The summed E-state index contributed by atoms with van der Waals surface area (Å²) < 4.78 is 2.25. The zero-order valence-electron chi connectivity index (χ0n) is 17.9. The minimum Gasteiger partial charge on any atom is -0.342 e. The first-order valence-corrected chi connectivity index (χ1v) is 11.5. The van der Waals surface area contributed by atoms with Crippen LogP contribution < -0.4 is 0 Å². The molecule has 1 unspecified atom stereocenters. The number of nitrogens with one attached hydrogen (secondary N) is 1. The van der Waals surface area contributed by atoms with E-state index in [2.05, 4.69) is 37.9 Å². The van der Waals surface area contributed by atoms with Gasteiger partial charge in [-0.15, -0.1) is 0 Å². The van der Waals surface area contributed by atoms with Crippen molar-refractivity contribution in [3.8, 4) is 11.1 Å². The molecule has 1 atom stereocenters. The van der Waals surface area contributed by atoms with E-state index in [1.165, 1.54) is 0 Å². The quantitative estimate of drug-likeness (QED) is 0.470.